The molecule has 0 bridgehead atoms. The van der Waals surface area contributed by atoms with Gasteiger partial charge in [0.05, 0.1) is 39.0 Å². The van der Waals surface area contributed by atoms with Crippen molar-refractivity contribution in [3.05, 3.63) is 99.5 Å². The molecule has 4 N–H and O–H groups in total. The van der Waals surface area contributed by atoms with Crippen LogP contribution in [0.1, 0.15) is 112 Å². The highest BCUT2D eigenvalue weighted by Crippen LogP contribution is 2.50. The van der Waals surface area contributed by atoms with Gasteiger partial charge >= 0.3 is 0 Å². The number of methoxy groups -OCH3 is 1. The number of carbonyl (C=O) groups excluding carboxylic acids is 1. The van der Waals surface area contributed by atoms with Crippen LogP contribution in [0.5, 0.6) is 23.1 Å². The number of hydrogen-bond donors (Lipinski definition) is 4. The number of aromatic amines is 1. The minimum absolute atomic E-state index is 0.0231. The van der Waals surface area contributed by atoms with Crippen LogP contribution in [0.25, 0.3) is 11.0 Å². The largest absolute Gasteiger partial charge is 0.489 e. The molecule has 5 aliphatic rings. The quantitative estimate of drug-likeness (QED) is 0.0438. The number of nitro benzene ring substituents is 1. The number of ether oxygens (including phenoxy) is 4. The summed E-state index contributed by atoms with van der Waals surface area (Å²) < 4.78 is 68.9. The molecular formula is C53H64FN7O10S. The smallest absolute Gasteiger partial charge is 0.297 e. The van der Waals surface area contributed by atoms with Gasteiger partial charge in [0.1, 0.15) is 30.4 Å². The van der Waals surface area contributed by atoms with E-state index in [1.807, 2.05) is 0 Å². The number of nitrogens with zero attached hydrogens (tertiary/aromatic N) is 4. The lowest BCUT2D eigenvalue weighted by Crippen LogP contribution is -2.63. The zero-order chi connectivity index (χ0) is 50.5. The first-order valence-corrected chi connectivity index (χ1v) is 26.7. The van der Waals surface area contributed by atoms with Crippen LogP contribution in [0.4, 0.5) is 21.5 Å². The number of nitro groups is 1. The van der Waals surface area contributed by atoms with Crippen LogP contribution in [0, 0.1) is 27.3 Å². The summed E-state index contributed by atoms with van der Waals surface area (Å²) >= 11 is 0. The van der Waals surface area contributed by atoms with Gasteiger partial charge in [0.25, 0.3) is 27.5 Å². The van der Waals surface area contributed by atoms with Gasteiger partial charge in [-0.15, -0.1) is 0 Å². The molecule has 3 atom stereocenters. The first-order valence-electron chi connectivity index (χ1n) is 25.2. The number of benzene rings is 3. The van der Waals surface area contributed by atoms with Crippen LogP contribution in [-0.4, -0.2) is 110 Å². The second-order valence-electron chi connectivity index (χ2n) is 21.1. The van der Waals surface area contributed by atoms with Crippen LogP contribution in [0.2, 0.25) is 0 Å². The van der Waals surface area contributed by atoms with E-state index in [0.717, 1.165) is 63.0 Å². The molecule has 72 heavy (non-hydrogen) atoms. The molecule has 5 aromatic rings. The van der Waals surface area contributed by atoms with Crippen molar-refractivity contribution in [2.45, 2.75) is 113 Å². The number of anilines is 2. The molecule has 19 heteroatoms. The van der Waals surface area contributed by atoms with Crippen molar-refractivity contribution < 1.29 is 46.6 Å². The first-order chi connectivity index (χ1) is 34.5. The van der Waals surface area contributed by atoms with E-state index in [1.54, 1.807) is 19.1 Å². The predicted molar refractivity (Wildman–Crippen MR) is 270 cm³/mol. The second-order valence-corrected chi connectivity index (χ2v) is 22.8. The normalized spacial score (nSPS) is 24.1. The van der Waals surface area contributed by atoms with Crippen molar-refractivity contribution in [3.63, 3.8) is 0 Å². The Labute approximate surface area is 419 Å². The number of likely N-dealkylation sites (tertiary alicyclic amines) is 1. The average molecular weight is 1010 g/mol. The average Bonchev–Trinajstić information content (AvgIpc) is 3.98. The number of pyridine rings is 1. The van der Waals surface area contributed by atoms with Crippen molar-refractivity contribution >= 4 is 44.0 Å². The van der Waals surface area contributed by atoms with Gasteiger partial charge in [-0.25, -0.2) is 17.5 Å². The minimum atomic E-state index is -4.77. The number of aromatic nitrogens is 2. The summed E-state index contributed by atoms with van der Waals surface area (Å²) in [5, 5.41) is 26.3. The number of halogens is 1. The molecule has 0 radical (unpaired) electrons. The van der Waals surface area contributed by atoms with Crippen LogP contribution < -0.4 is 29.1 Å². The monoisotopic (exact) mass is 1010 g/mol. The lowest BCUT2D eigenvalue weighted by molar-refractivity contribution is -0.384. The number of amides is 1. The molecule has 2 saturated carbocycles. The number of fused-ring (bicyclic) bond motifs is 2. The lowest BCUT2D eigenvalue weighted by atomic mass is 9.70. The predicted octanol–water partition coefficient (Wildman–Crippen LogP) is 9.02. The highest BCUT2D eigenvalue weighted by atomic mass is 32.2. The van der Waals surface area contributed by atoms with Gasteiger partial charge in [-0.05, 0) is 105 Å². The van der Waals surface area contributed by atoms with Gasteiger partial charge in [0.2, 0.25) is 0 Å². The van der Waals surface area contributed by atoms with E-state index in [4.69, 9.17) is 18.9 Å². The number of nitrogens with one attached hydrogen (secondary N) is 3. The summed E-state index contributed by atoms with van der Waals surface area (Å²) in [6, 6.07) is 17.5. The van der Waals surface area contributed by atoms with Crippen molar-refractivity contribution in [1.82, 2.24) is 19.6 Å². The van der Waals surface area contributed by atoms with Crippen molar-refractivity contribution in [3.8, 4) is 23.1 Å². The van der Waals surface area contributed by atoms with E-state index in [1.165, 1.54) is 49.6 Å². The molecule has 5 heterocycles. The Balaban J connectivity index is 0.898. The van der Waals surface area contributed by atoms with E-state index in [0.29, 0.717) is 43.6 Å². The molecule has 384 valence electrons. The summed E-state index contributed by atoms with van der Waals surface area (Å²) in [6.07, 6.45) is 9.23. The molecule has 1 spiro atoms. The van der Waals surface area contributed by atoms with Gasteiger partial charge in [-0.1, -0.05) is 44.5 Å². The number of piperidine rings is 1. The number of hydrogen-bond acceptors (Lipinski definition) is 14. The molecule has 2 saturated heterocycles. The zero-order valence-electron chi connectivity index (χ0n) is 41.2. The third-order valence-corrected chi connectivity index (χ3v) is 17.3. The highest BCUT2D eigenvalue weighted by Gasteiger charge is 2.49. The number of aliphatic hydroxyl groups is 1. The summed E-state index contributed by atoms with van der Waals surface area (Å²) in [5.74, 6) is -0.763. The third kappa shape index (κ3) is 9.92. The van der Waals surface area contributed by atoms with Crippen LogP contribution in [0.3, 0.4) is 0 Å². The van der Waals surface area contributed by atoms with Gasteiger partial charge in [-0.3, -0.25) is 19.8 Å². The van der Waals surface area contributed by atoms with E-state index in [-0.39, 0.29) is 82.6 Å². The van der Waals surface area contributed by atoms with Crippen LogP contribution in [0.15, 0.2) is 71.8 Å². The second kappa shape index (κ2) is 19.8. The molecular weight excluding hydrogens is 946 g/mol. The molecule has 10 rings (SSSR count). The van der Waals surface area contributed by atoms with Crippen molar-refractivity contribution in [1.29, 1.82) is 0 Å². The maximum atomic E-state index is 15.0. The zero-order valence-corrected chi connectivity index (χ0v) is 42.1. The topological polar surface area (TPSA) is 211 Å². The lowest BCUT2D eigenvalue weighted by Gasteiger charge is -2.57. The number of sulfonamides is 1. The Morgan fingerprint density at radius 1 is 1.03 bits per heavy atom. The Kier molecular flexibility index (Phi) is 13.6. The van der Waals surface area contributed by atoms with Crippen molar-refractivity contribution in [2.24, 2.45) is 11.3 Å². The molecule has 17 nitrogen and oxygen atoms in total. The summed E-state index contributed by atoms with van der Waals surface area (Å²) in [7, 11) is -3.26. The molecule has 3 aliphatic heterocycles. The Morgan fingerprint density at radius 3 is 2.53 bits per heavy atom. The van der Waals surface area contributed by atoms with Gasteiger partial charge in [0.15, 0.2) is 17.2 Å². The number of carbonyl (C=O) groups is 1. The van der Waals surface area contributed by atoms with E-state index >= 15 is 4.39 Å². The Hall–Kier alpha value is -6.02. The van der Waals surface area contributed by atoms with Crippen LogP contribution >= 0.6 is 0 Å². The number of rotatable bonds is 15. The van der Waals surface area contributed by atoms with Gasteiger partial charge in [0, 0.05) is 75.5 Å². The van der Waals surface area contributed by atoms with Crippen LogP contribution in [-0.2, 0) is 14.8 Å². The van der Waals surface area contributed by atoms with Gasteiger partial charge < -0.3 is 39.3 Å². The van der Waals surface area contributed by atoms with Gasteiger partial charge in [-0.2, -0.15) is 4.98 Å². The molecule has 3 aromatic carbocycles. The third-order valence-electron chi connectivity index (χ3n) is 15.9. The molecule has 2 aliphatic carbocycles. The summed E-state index contributed by atoms with van der Waals surface area (Å²) in [5.41, 5.74) is 2.61. The molecule has 1 amide bonds. The summed E-state index contributed by atoms with van der Waals surface area (Å²) in [6.45, 7) is 10.3. The number of H-pyrrole nitrogens is 1. The molecule has 2 aromatic heterocycles. The molecule has 4 fully saturated rings. The standard InChI is InChI=1S/C53H64FN7O10S/c1-32(2)36-8-5-6-9-37(36)38-10-7-11-43(38)60-30-53(31-60)18-20-59(21-19-53)34-12-13-39(45(24-34)71-47-27-40-41(54)28-55-49(40)57-51(47)69-23-22-68-4)50(62)58-72(66,67)35-25-44(61(64)65)48-46(26-35)70-29-42(56-48)33-14-16-52(3,63)17-15-33/h5-6,8-9,12-13,24-28,32-33,38,42-43,56,63H,7,10-11,14-23,29-31H2,1-4H3,(H,55,57)(H,58,62)/t33?,38-,42+,43-,52?/m0/s1. The van der Waals surface area contributed by atoms with E-state index in [9.17, 15) is 28.4 Å². The first kappa shape index (κ1) is 49.6. The fourth-order valence-corrected chi connectivity index (χ4v) is 12.9. The maximum Gasteiger partial charge on any atom is 0.297 e. The minimum Gasteiger partial charge on any atom is -0.489 e. The Morgan fingerprint density at radius 2 is 1.79 bits per heavy atom. The summed E-state index contributed by atoms with van der Waals surface area (Å²) in [4.78, 5) is 37.7. The fraction of sp³-hybridized carbons (Fsp3) is 0.509. The molecule has 0 unspecified atom stereocenters. The SMILES string of the molecule is COCCOc1nc2[nH]cc(F)c2cc1Oc1cc(N2CCC3(CC2)CN([C@H]2CCC[C@H]2c2ccccc2C(C)C)C3)ccc1C(=O)NS(=O)(=O)c1cc2c(c([N+](=O)[O-])c1)N[C@@H](C1CCC(C)(O)CC1)CO2. The maximum absolute atomic E-state index is 15.0. The van der Waals surface area contributed by atoms with Crippen molar-refractivity contribution in [2.75, 3.05) is 63.3 Å². The van der Waals surface area contributed by atoms with E-state index in [2.05, 4.69) is 67.9 Å². The van der Waals surface area contributed by atoms with E-state index < -0.39 is 42.9 Å². The highest BCUT2D eigenvalue weighted by molar-refractivity contribution is 7.90. The Bertz CT molecular complexity index is 2960. The fourth-order valence-electron chi connectivity index (χ4n) is 11.9.